The van der Waals surface area contributed by atoms with Crippen LogP contribution in [0.15, 0.2) is 0 Å². The van der Waals surface area contributed by atoms with Gasteiger partial charge in [-0.15, -0.1) is 0 Å². The van der Waals surface area contributed by atoms with Crippen LogP contribution in [0.3, 0.4) is 0 Å². The Labute approximate surface area is 114 Å². The van der Waals surface area contributed by atoms with E-state index in [1.165, 1.54) is 19.3 Å². The minimum Gasteiger partial charge on any atom is -0.352 e. The van der Waals surface area contributed by atoms with Crippen molar-refractivity contribution in [2.24, 2.45) is 5.73 Å². The normalized spacial score (nSPS) is 30.7. The monoisotopic (exact) mass is 268 g/mol. The molecule has 0 aromatic carbocycles. The Morgan fingerprint density at radius 2 is 1.84 bits per heavy atom. The van der Waals surface area contributed by atoms with Crippen LogP contribution in [0.25, 0.3) is 0 Å². The van der Waals surface area contributed by atoms with Crippen molar-refractivity contribution >= 4 is 11.8 Å². The van der Waals surface area contributed by atoms with Gasteiger partial charge < -0.3 is 21.3 Å². The number of rotatable bonds is 4. The molecule has 2 unspecified atom stereocenters. The molecule has 2 atom stereocenters. The first kappa shape index (κ1) is 14.3. The summed E-state index contributed by atoms with van der Waals surface area (Å²) in [5.74, 6) is -0.412. The van der Waals surface area contributed by atoms with E-state index < -0.39 is 0 Å². The van der Waals surface area contributed by atoms with E-state index in [-0.39, 0.29) is 30.9 Å². The summed E-state index contributed by atoms with van der Waals surface area (Å²) >= 11 is 0. The summed E-state index contributed by atoms with van der Waals surface area (Å²) in [6, 6.07) is 1.43. The Kier molecular flexibility index (Phi) is 4.76. The van der Waals surface area contributed by atoms with Crippen molar-refractivity contribution in [3.05, 3.63) is 0 Å². The second-order valence-electron chi connectivity index (χ2n) is 5.62. The zero-order chi connectivity index (χ0) is 13.8. The van der Waals surface area contributed by atoms with E-state index in [0.29, 0.717) is 12.1 Å². The molecule has 4 N–H and O–H groups in total. The number of piperidine rings is 2. The molecule has 2 aliphatic heterocycles. The molecule has 108 valence electrons. The molecule has 2 saturated heterocycles. The van der Waals surface area contributed by atoms with Gasteiger partial charge in [-0.2, -0.15) is 0 Å². The third-order valence-electron chi connectivity index (χ3n) is 4.34. The molecule has 0 saturated carbocycles. The van der Waals surface area contributed by atoms with Crippen LogP contribution in [0.5, 0.6) is 0 Å². The molecule has 0 radical (unpaired) electrons. The molecular weight excluding hydrogens is 244 g/mol. The minimum atomic E-state index is -0.296. The highest BCUT2D eigenvalue weighted by atomic mass is 16.2. The molecule has 6 nitrogen and oxygen atoms in total. The van der Waals surface area contributed by atoms with E-state index in [4.69, 9.17) is 5.73 Å². The molecule has 2 fully saturated rings. The van der Waals surface area contributed by atoms with Gasteiger partial charge in [0, 0.05) is 18.1 Å². The van der Waals surface area contributed by atoms with E-state index in [2.05, 4.69) is 22.6 Å². The van der Waals surface area contributed by atoms with Crippen molar-refractivity contribution in [1.29, 1.82) is 0 Å². The molecular formula is C13H24N4O2. The molecule has 2 rings (SSSR count). The molecule has 6 heteroatoms. The number of carbonyl (C=O) groups is 2. The number of nitrogens with two attached hydrogens (primary N) is 1. The average Bonchev–Trinajstić information content (AvgIpc) is 2.37. The maximum absolute atomic E-state index is 11.8. The summed E-state index contributed by atoms with van der Waals surface area (Å²) in [7, 11) is 2.19. The predicted octanol–water partition coefficient (Wildman–Crippen LogP) is -0.807. The molecule has 2 aliphatic rings. The van der Waals surface area contributed by atoms with Crippen molar-refractivity contribution < 1.29 is 9.59 Å². The van der Waals surface area contributed by atoms with Gasteiger partial charge >= 0.3 is 0 Å². The van der Waals surface area contributed by atoms with E-state index in [9.17, 15) is 9.59 Å². The van der Waals surface area contributed by atoms with Crippen molar-refractivity contribution in [1.82, 2.24) is 15.5 Å². The fourth-order valence-electron chi connectivity index (χ4n) is 3.26. The minimum absolute atomic E-state index is 0.0255. The first-order valence-corrected chi connectivity index (χ1v) is 7.08. The fraction of sp³-hybridized carbons (Fsp3) is 0.846. The molecule has 19 heavy (non-hydrogen) atoms. The smallest absolute Gasteiger partial charge is 0.239 e. The number of fused-ring (bicyclic) bond motifs is 2. The topological polar surface area (TPSA) is 87.5 Å². The van der Waals surface area contributed by atoms with Crippen LogP contribution in [0, 0.1) is 0 Å². The lowest BCUT2D eigenvalue weighted by Gasteiger charge is -2.47. The molecule has 2 amide bonds. The zero-order valence-corrected chi connectivity index (χ0v) is 11.5. The van der Waals surface area contributed by atoms with E-state index >= 15 is 0 Å². The maximum Gasteiger partial charge on any atom is 0.239 e. The number of nitrogens with one attached hydrogen (secondary N) is 2. The van der Waals surface area contributed by atoms with Gasteiger partial charge in [-0.3, -0.25) is 9.59 Å². The summed E-state index contributed by atoms with van der Waals surface area (Å²) in [5, 5.41) is 5.52. The maximum atomic E-state index is 11.8. The molecule has 2 bridgehead atoms. The highest BCUT2D eigenvalue weighted by Crippen LogP contribution is 2.32. The average molecular weight is 268 g/mol. The third-order valence-corrected chi connectivity index (χ3v) is 4.34. The van der Waals surface area contributed by atoms with Gasteiger partial charge in [-0.1, -0.05) is 6.42 Å². The van der Waals surface area contributed by atoms with Crippen LogP contribution in [-0.2, 0) is 9.59 Å². The summed E-state index contributed by atoms with van der Waals surface area (Å²) < 4.78 is 0. The molecule has 0 aliphatic carbocycles. The van der Waals surface area contributed by atoms with Crippen molar-refractivity contribution in [2.75, 3.05) is 20.1 Å². The van der Waals surface area contributed by atoms with Gasteiger partial charge in [0.2, 0.25) is 11.8 Å². The Morgan fingerprint density at radius 3 is 2.42 bits per heavy atom. The van der Waals surface area contributed by atoms with Crippen LogP contribution < -0.4 is 16.4 Å². The standard InChI is InChI=1S/C13H24N4O2/c1-17-10-3-2-4-11(17)6-9(5-10)16-13(19)8-15-12(18)7-14/h9-11H,2-8,14H2,1H3,(H,15,18)(H,16,19). The Balaban J connectivity index is 1.77. The van der Waals surface area contributed by atoms with Gasteiger partial charge in [0.05, 0.1) is 13.1 Å². The lowest BCUT2D eigenvalue weighted by molar-refractivity contribution is -0.126. The van der Waals surface area contributed by atoms with Crippen LogP contribution in [0.2, 0.25) is 0 Å². The van der Waals surface area contributed by atoms with E-state index in [1.54, 1.807) is 0 Å². The number of nitrogens with zero attached hydrogens (tertiary/aromatic N) is 1. The van der Waals surface area contributed by atoms with Gasteiger partial charge in [0.1, 0.15) is 0 Å². The number of amides is 2. The lowest BCUT2D eigenvalue weighted by atomic mass is 9.82. The van der Waals surface area contributed by atoms with Gasteiger partial charge in [-0.05, 0) is 32.7 Å². The Hall–Kier alpha value is -1.14. The second-order valence-corrected chi connectivity index (χ2v) is 5.62. The third kappa shape index (κ3) is 3.67. The molecule has 0 aromatic rings. The van der Waals surface area contributed by atoms with Crippen molar-refractivity contribution in [2.45, 2.75) is 50.2 Å². The first-order chi connectivity index (χ1) is 9.10. The van der Waals surface area contributed by atoms with Crippen LogP contribution in [-0.4, -0.2) is 55.0 Å². The number of hydrogen-bond donors (Lipinski definition) is 3. The summed E-state index contributed by atoms with van der Waals surface area (Å²) in [4.78, 5) is 25.2. The molecule has 2 heterocycles. The Morgan fingerprint density at radius 1 is 1.21 bits per heavy atom. The van der Waals surface area contributed by atoms with E-state index in [1.807, 2.05) is 0 Å². The quantitative estimate of drug-likeness (QED) is 0.622. The zero-order valence-electron chi connectivity index (χ0n) is 11.5. The lowest BCUT2D eigenvalue weighted by Crippen LogP contribution is -2.56. The van der Waals surface area contributed by atoms with Gasteiger partial charge in [0.25, 0.3) is 0 Å². The number of carbonyl (C=O) groups excluding carboxylic acids is 2. The molecule has 0 aromatic heterocycles. The van der Waals surface area contributed by atoms with Crippen molar-refractivity contribution in [3.63, 3.8) is 0 Å². The van der Waals surface area contributed by atoms with Crippen LogP contribution >= 0.6 is 0 Å². The fourth-order valence-corrected chi connectivity index (χ4v) is 3.26. The number of hydrogen-bond acceptors (Lipinski definition) is 4. The van der Waals surface area contributed by atoms with E-state index in [0.717, 1.165) is 12.8 Å². The molecule has 0 spiro atoms. The predicted molar refractivity (Wildman–Crippen MR) is 72.4 cm³/mol. The summed E-state index contributed by atoms with van der Waals surface area (Å²) in [6.07, 6.45) is 5.78. The largest absolute Gasteiger partial charge is 0.352 e. The van der Waals surface area contributed by atoms with Gasteiger partial charge in [0.15, 0.2) is 0 Å². The SMILES string of the molecule is CN1C2CCCC1CC(NC(=O)CNC(=O)CN)C2. The highest BCUT2D eigenvalue weighted by Gasteiger charge is 2.36. The Bertz CT molecular complexity index is 334. The first-order valence-electron chi connectivity index (χ1n) is 7.08. The summed E-state index contributed by atoms with van der Waals surface area (Å²) in [6.45, 7) is -0.0522. The van der Waals surface area contributed by atoms with Crippen LogP contribution in [0.1, 0.15) is 32.1 Å². The van der Waals surface area contributed by atoms with Crippen molar-refractivity contribution in [3.8, 4) is 0 Å². The van der Waals surface area contributed by atoms with Gasteiger partial charge in [-0.25, -0.2) is 0 Å². The second kappa shape index (κ2) is 6.34. The van der Waals surface area contributed by atoms with Crippen LogP contribution in [0.4, 0.5) is 0 Å². The highest BCUT2D eigenvalue weighted by molar-refractivity contribution is 5.85. The summed E-state index contributed by atoms with van der Waals surface area (Å²) in [5.41, 5.74) is 5.17.